The standard InChI is InChI=1S/C55H31N5S2/c1-3-15-32(16-4-1)48-51-49(40-23-11-12-27-45(40)61-51)57-55(56-48)43-26-13-24-41-47-42(25-14-28-46(47)62-50(41)43)54-59-52(33-17-5-2-6-18-33)58-53(60-54)34-29-30-39-37-21-8-7-19-35(37)36-20-9-10-22-38(36)44(39)31-34/h1-31H. The molecule has 4 aromatic heterocycles. The molecule has 0 atom stereocenters. The Hall–Kier alpha value is -7.71. The minimum absolute atomic E-state index is 0.627. The van der Waals surface area contributed by atoms with Gasteiger partial charge in [-0.3, -0.25) is 0 Å². The highest BCUT2D eigenvalue weighted by atomic mass is 32.1. The van der Waals surface area contributed by atoms with E-state index in [-0.39, 0.29) is 0 Å². The molecule has 0 unspecified atom stereocenters. The molecule has 9 aromatic carbocycles. The maximum atomic E-state index is 5.36. The van der Waals surface area contributed by atoms with Gasteiger partial charge >= 0.3 is 0 Å². The molecule has 5 nitrogen and oxygen atoms in total. The summed E-state index contributed by atoms with van der Waals surface area (Å²) in [5.41, 5.74) is 6.83. The molecule has 0 fully saturated rings. The summed E-state index contributed by atoms with van der Waals surface area (Å²) in [6.45, 7) is 0. The fraction of sp³-hybridized carbons (Fsp3) is 0. The summed E-state index contributed by atoms with van der Waals surface area (Å²) in [5, 5.41) is 10.7. The van der Waals surface area contributed by atoms with Gasteiger partial charge in [-0.15, -0.1) is 22.7 Å². The number of hydrogen-bond acceptors (Lipinski definition) is 7. The van der Waals surface area contributed by atoms with Crippen molar-refractivity contribution in [1.29, 1.82) is 0 Å². The van der Waals surface area contributed by atoms with E-state index >= 15 is 0 Å². The molecule has 0 saturated carbocycles. The predicted octanol–water partition coefficient (Wildman–Crippen LogP) is 15.2. The summed E-state index contributed by atoms with van der Waals surface area (Å²) in [6, 6.07) is 66.1. The second-order valence-electron chi connectivity index (χ2n) is 15.5. The zero-order valence-corrected chi connectivity index (χ0v) is 34.6. The molecule has 0 amide bonds. The number of fused-ring (bicyclic) bond motifs is 12. The van der Waals surface area contributed by atoms with Crippen LogP contribution in [0.5, 0.6) is 0 Å². The van der Waals surface area contributed by atoms with Gasteiger partial charge in [-0.25, -0.2) is 24.9 Å². The molecule has 0 aliphatic carbocycles. The van der Waals surface area contributed by atoms with Crippen molar-refractivity contribution >= 4 is 95.5 Å². The molecular weight excluding hydrogens is 795 g/mol. The van der Waals surface area contributed by atoms with E-state index in [4.69, 9.17) is 24.9 Å². The van der Waals surface area contributed by atoms with Crippen LogP contribution >= 0.6 is 22.7 Å². The van der Waals surface area contributed by atoms with E-state index in [9.17, 15) is 0 Å². The Labute approximate surface area is 363 Å². The minimum atomic E-state index is 0.627. The normalized spacial score (nSPS) is 11.9. The highest BCUT2D eigenvalue weighted by Gasteiger charge is 2.22. The largest absolute Gasteiger partial charge is 0.226 e. The maximum Gasteiger partial charge on any atom is 0.164 e. The monoisotopic (exact) mass is 825 g/mol. The van der Waals surface area contributed by atoms with Crippen molar-refractivity contribution in [1.82, 2.24) is 24.9 Å². The minimum Gasteiger partial charge on any atom is -0.226 e. The first-order valence-corrected chi connectivity index (χ1v) is 22.2. The lowest BCUT2D eigenvalue weighted by atomic mass is 9.93. The third kappa shape index (κ3) is 5.49. The summed E-state index contributed by atoms with van der Waals surface area (Å²) in [4.78, 5) is 26.4. The van der Waals surface area contributed by atoms with Crippen LogP contribution in [0.15, 0.2) is 188 Å². The van der Waals surface area contributed by atoms with Crippen LogP contribution in [-0.2, 0) is 0 Å². The van der Waals surface area contributed by atoms with E-state index in [1.807, 2.05) is 24.3 Å². The van der Waals surface area contributed by atoms with Gasteiger partial charge in [0.1, 0.15) is 0 Å². The van der Waals surface area contributed by atoms with E-state index in [1.54, 1.807) is 22.7 Å². The third-order valence-electron chi connectivity index (χ3n) is 11.9. The summed E-state index contributed by atoms with van der Waals surface area (Å²) < 4.78 is 4.56. The number of hydrogen-bond donors (Lipinski definition) is 0. The van der Waals surface area contributed by atoms with Crippen molar-refractivity contribution < 1.29 is 0 Å². The first-order chi connectivity index (χ1) is 30.7. The summed E-state index contributed by atoms with van der Waals surface area (Å²) in [7, 11) is 0. The molecule has 0 bridgehead atoms. The van der Waals surface area contributed by atoms with Crippen LogP contribution in [-0.4, -0.2) is 24.9 Å². The van der Waals surface area contributed by atoms with Crippen LogP contribution in [0.1, 0.15) is 0 Å². The summed E-state index contributed by atoms with van der Waals surface area (Å²) in [5.74, 6) is 2.60. The van der Waals surface area contributed by atoms with Crippen molar-refractivity contribution in [3.8, 4) is 56.8 Å². The molecule has 0 spiro atoms. The third-order valence-corrected chi connectivity index (χ3v) is 14.3. The Morgan fingerprint density at radius 1 is 0.290 bits per heavy atom. The first kappa shape index (κ1) is 35.1. The average molecular weight is 826 g/mol. The highest BCUT2D eigenvalue weighted by molar-refractivity contribution is 7.26. The fourth-order valence-electron chi connectivity index (χ4n) is 9.10. The van der Waals surface area contributed by atoms with E-state index in [2.05, 4.69) is 164 Å². The quantitative estimate of drug-likeness (QED) is 0.162. The second kappa shape index (κ2) is 13.9. The van der Waals surface area contributed by atoms with Crippen LogP contribution in [0.4, 0.5) is 0 Å². The van der Waals surface area contributed by atoms with Gasteiger partial charge in [-0.05, 0) is 56.6 Å². The second-order valence-corrected chi connectivity index (χ2v) is 17.6. The van der Waals surface area contributed by atoms with Crippen LogP contribution in [0, 0.1) is 0 Å². The van der Waals surface area contributed by atoms with Crippen molar-refractivity contribution in [2.45, 2.75) is 0 Å². The van der Waals surface area contributed by atoms with E-state index < -0.39 is 0 Å². The van der Waals surface area contributed by atoms with E-state index in [1.165, 1.54) is 37.0 Å². The molecular formula is C55H31N5S2. The first-order valence-electron chi connectivity index (χ1n) is 20.6. The van der Waals surface area contributed by atoms with Crippen molar-refractivity contribution in [2.75, 3.05) is 0 Å². The van der Waals surface area contributed by atoms with Crippen LogP contribution in [0.2, 0.25) is 0 Å². The van der Waals surface area contributed by atoms with Gasteiger partial charge < -0.3 is 0 Å². The average Bonchev–Trinajstić information content (AvgIpc) is 3.93. The van der Waals surface area contributed by atoms with Crippen molar-refractivity contribution in [3.05, 3.63) is 188 Å². The molecule has 0 radical (unpaired) electrons. The van der Waals surface area contributed by atoms with Crippen LogP contribution in [0.3, 0.4) is 0 Å². The van der Waals surface area contributed by atoms with E-state index in [0.717, 1.165) is 69.3 Å². The molecule has 0 N–H and O–H groups in total. The molecule has 13 rings (SSSR count). The molecule has 4 heterocycles. The Bertz CT molecular complexity index is 3900. The smallest absolute Gasteiger partial charge is 0.164 e. The molecule has 7 heteroatoms. The van der Waals surface area contributed by atoms with Crippen molar-refractivity contribution in [3.63, 3.8) is 0 Å². The fourth-order valence-corrected chi connectivity index (χ4v) is 11.5. The topological polar surface area (TPSA) is 64.5 Å². The van der Waals surface area contributed by atoms with Gasteiger partial charge in [0.05, 0.1) is 15.9 Å². The lowest BCUT2D eigenvalue weighted by molar-refractivity contribution is 1.08. The number of thiophene rings is 2. The number of rotatable bonds is 5. The molecule has 0 aliphatic heterocycles. The summed E-state index contributed by atoms with van der Waals surface area (Å²) in [6.07, 6.45) is 0. The molecule has 288 valence electrons. The zero-order chi connectivity index (χ0) is 40.7. The SMILES string of the molecule is c1ccc(-c2nc(-c3ccc4c5ccccc5c5ccccc5c4c3)nc(-c3cccc4sc5c(-c6nc(-c7ccccc7)c7sc8ccccc8c7n6)cccc5c34)n2)cc1. The number of nitrogens with zero attached hydrogens (tertiary/aromatic N) is 5. The van der Waals surface area contributed by atoms with Gasteiger partial charge in [0.2, 0.25) is 0 Å². The molecule has 0 saturated heterocycles. The van der Waals surface area contributed by atoms with Crippen LogP contribution in [0.25, 0.3) is 130 Å². The van der Waals surface area contributed by atoms with Gasteiger partial charge in [0.15, 0.2) is 23.3 Å². The lowest BCUT2D eigenvalue weighted by Crippen LogP contribution is -2.00. The Morgan fingerprint density at radius 2 is 0.806 bits per heavy atom. The zero-order valence-electron chi connectivity index (χ0n) is 33.0. The summed E-state index contributed by atoms with van der Waals surface area (Å²) >= 11 is 3.51. The van der Waals surface area contributed by atoms with Gasteiger partial charge in [-0.1, -0.05) is 164 Å². The van der Waals surface area contributed by atoms with E-state index in [0.29, 0.717) is 23.3 Å². The predicted molar refractivity (Wildman–Crippen MR) is 261 cm³/mol. The number of aromatic nitrogens is 5. The van der Waals surface area contributed by atoms with Gasteiger partial charge in [0, 0.05) is 58.1 Å². The van der Waals surface area contributed by atoms with Crippen LogP contribution < -0.4 is 0 Å². The van der Waals surface area contributed by atoms with Gasteiger partial charge in [0.25, 0.3) is 0 Å². The Kier molecular flexibility index (Phi) is 7.88. The lowest BCUT2D eigenvalue weighted by Gasteiger charge is -2.13. The molecule has 0 aliphatic rings. The Balaban J connectivity index is 1.03. The highest BCUT2D eigenvalue weighted by Crippen LogP contribution is 2.45. The Morgan fingerprint density at radius 3 is 1.55 bits per heavy atom. The number of benzene rings is 9. The maximum absolute atomic E-state index is 5.36. The van der Waals surface area contributed by atoms with Gasteiger partial charge in [-0.2, -0.15) is 0 Å². The van der Waals surface area contributed by atoms with Crippen molar-refractivity contribution in [2.24, 2.45) is 0 Å². The molecule has 62 heavy (non-hydrogen) atoms. The molecule has 13 aromatic rings.